The molecule has 0 spiro atoms. The van der Waals surface area contributed by atoms with E-state index in [1.54, 1.807) is 0 Å². The van der Waals surface area contributed by atoms with Crippen LogP contribution in [0.1, 0.15) is 47.9 Å². The van der Waals surface area contributed by atoms with Gasteiger partial charge in [-0.25, -0.2) is 0 Å². The van der Waals surface area contributed by atoms with Gasteiger partial charge in [0.15, 0.2) is 0 Å². The van der Waals surface area contributed by atoms with E-state index < -0.39 is 0 Å². The largest absolute Gasteiger partial charge is 0.309 e. The van der Waals surface area contributed by atoms with Crippen LogP contribution in [0.25, 0.3) is 88.4 Å². The summed E-state index contributed by atoms with van der Waals surface area (Å²) in [6.07, 6.45) is 19.2. The van der Waals surface area contributed by atoms with Gasteiger partial charge in [-0.3, -0.25) is 0 Å². The fraction of sp³-hybridized carbons (Fsp3) is 0.0820. The molecule has 2 aliphatic rings. The number of benzene rings is 8. The Labute approximate surface area is 368 Å². The SMILES string of the molecule is C1=CC(c2ccc3c(c2)c2cc(-c4ccccc4)ccc2n3-c2ccc(Cc3ccc(-n4c5ccc(C6=CCCC=C6)cc5c5cc(-c6ccccc6)ccc54)cc3)cc2)=CCC1. The Hall–Kier alpha value is -7.68. The number of fused-ring (bicyclic) bond motifs is 6. The smallest absolute Gasteiger partial charge is 0.0541 e. The van der Waals surface area contributed by atoms with Gasteiger partial charge in [-0.15, -0.1) is 0 Å². The Kier molecular flexibility index (Phi) is 9.22. The lowest BCUT2D eigenvalue weighted by atomic mass is 9.97. The highest BCUT2D eigenvalue weighted by Crippen LogP contribution is 2.39. The average molecular weight is 807 g/mol. The van der Waals surface area contributed by atoms with Crippen LogP contribution in [0.2, 0.25) is 0 Å². The molecular weight excluding hydrogens is 761 g/mol. The van der Waals surface area contributed by atoms with E-state index in [4.69, 9.17) is 0 Å². The molecule has 0 amide bonds. The van der Waals surface area contributed by atoms with Gasteiger partial charge in [0.05, 0.1) is 22.1 Å². The third-order valence-electron chi connectivity index (χ3n) is 13.2. The van der Waals surface area contributed by atoms with E-state index in [0.717, 1.165) is 32.1 Å². The number of aromatic nitrogens is 2. The van der Waals surface area contributed by atoms with Crippen LogP contribution in [0, 0.1) is 0 Å². The second-order valence-corrected chi connectivity index (χ2v) is 17.1. The van der Waals surface area contributed by atoms with Crippen molar-refractivity contribution in [3.05, 3.63) is 241 Å². The molecule has 0 fully saturated rings. The van der Waals surface area contributed by atoms with E-state index in [9.17, 15) is 0 Å². The van der Waals surface area contributed by atoms with Crippen LogP contribution in [0.4, 0.5) is 0 Å². The molecule has 0 saturated heterocycles. The normalized spacial score (nSPS) is 13.9. The number of hydrogen-bond acceptors (Lipinski definition) is 0. The summed E-state index contributed by atoms with van der Waals surface area (Å²) in [6.45, 7) is 0. The fourth-order valence-corrected chi connectivity index (χ4v) is 10.00. The number of hydrogen-bond donors (Lipinski definition) is 0. The summed E-state index contributed by atoms with van der Waals surface area (Å²) in [7, 11) is 0. The Morgan fingerprint density at radius 1 is 0.317 bits per heavy atom. The predicted octanol–water partition coefficient (Wildman–Crippen LogP) is 16.3. The maximum Gasteiger partial charge on any atom is 0.0541 e. The first kappa shape index (κ1) is 37.1. The molecule has 2 aliphatic carbocycles. The summed E-state index contributed by atoms with van der Waals surface area (Å²) in [4.78, 5) is 0. The van der Waals surface area contributed by atoms with E-state index in [-0.39, 0.29) is 0 Å². The lowest BCUT2D eigenvalue weighted by Crippen LogP contribution is -1.97. The molecule has 10 aromatic rings. The minimum absolute atomic E-state index is 0.861. The molecule has 2 aromatic heterocycles. The Bertz CT molecular complexity index is 3240. The number of allylic oxidation sites excluding steroid dienone is 8. The Balaban J connectivity index is 0.878. The van der Waals surface area contributed by atoms with Crippen molar-refractivity contribution in [1.82, 2.24) is 9.13 Å². The highest BCUT2D eigenvalue weighted by atomic mass is 15.0. The summed E-state index contributed by atoms with van der Waals surface area (Å²) in [5.41, 5.74) is 19.9. The average Bonchev–Trinajstić information content (AvgIpc) is 3.87. The molecule has 0 atom stereocenters. The van der Waals surface area contributed by atoms with Gasteiger partial charge in [-0.1, -0.05) is 146 Å². The monoisotopic (exact) mass is 806 g/mol. The van der Waals surface area contributed by atoms with Crippen molar-refractivity contribution in [2.75, 3.05) is 0 Å². The van der Waals surface area contributed by atoms with Crippen LogP contribution < -0.4 is 0 Å². The van der Waals surface area contributed by atoms with Crippen molar-refractivity contribution in [3.63, 3.8) is 0 Å². The molecule has 0 N–H and O–H groups in total. The second kappa shape index (κ2) is 15.7. The number of rotatable bonds is 8. The van der Waals surface area contributed by atoms with E-state index in [1.807, 2.05) is 0 Å². The molecule has 300 valence electrons. The highest BCUT2D eigenvalue weighted by Gasteiger charge is 2.18. The first-order chi connectivity index (χ1) is 31.2. The molecule has 2 nitrogen and oxygen atoms in total. The fourth-order valence-electron chi connectivity index (χ4n) is 10.00. The van der Waals surface area contributed by atoms with Gasteiger partial charge in [-0.2, -0.15) is 0 Å². The molecule has 63 heavy (non-hydrogen) atoms. The van der Waals surface area contributed by atoms with Gasteiger partial charge >= 0.3 is 0 Å². The van der Waals surface area contributed by atoms with E-state index in [2.05, 4.69) is 228 Å². The minimum atomic E-state index is 0.861. The maximum absolute atomic E-state index is 2.44. The third kappa shape index (κ3) is 6.76. The van der Waals surface area contributed by atoms with Crippen LogP contribution in [-0.2, 0) is 6.42 Å². The van der Waals surface area contributed by atoms with Gasteiger partial charge in [-0.05, 0) is 161 Å². The zero-order chi connectivity index (χ0) is 41.7. The zero-order valence-electron chi connectivity index (χ0n) is 35.2. The van der Waals surface area contributed by atoms with Crippen LogP contribution in [0.15, 0.2) is 218 Å². The van der Waals surface area contributed by atoms with Crippen molar-refractivity contribution >= 4 is 54.8 Å². The topological polar surface area (TPSA) is 9.86 Å². The minimum Gasteiger partial charge on any atom is -0.309 e. The first-order valence-electron chi connectivity index (χ1n) is 22.4. The molecule has 12 rings (SSSR count). The summed E-state index contributed by atoms with van der Waals surface area (Å²) >= 11 is 0. The highest BCUT2D eigenvalue weighted by molar-refractivity contribution is 6.12. The Morgan fingerprint density at radius 3 is 1.05 bits per heavy atom. The molecule has 0 saturated carbocycles. The quantitative estimate of drug-likeness (QED) is 0.145. The van der Waals surface area contributed by atoms with Crippen molar-refractivity contribution in [3.8, 4) is 33.6 Å². The predicted molar refractivity (Wildman–Crippen MR) is 268 cm³/mol. The molecule has 0 unspecified atom stereocenters. The summed E-state index contributed by atoms with van der Waals surface area (Å²) in [6, 6.07) is 67.7. The van der Waals surface area contributed by atoms with Crippen LogP contribution in [-0.4, -0.2) is 9.13 Å². The van der Waals surface area contributed by atoms with Crippen LogP contribution in [0.3, 0.4) is 0 Å². The van der Waals surface area contributed by atoms with Gasteiger partial charge in [0, 0.05) is 32.9 Å². The van der Waals surface area contributed by atoms with Crippen LogP contribution in [0.5, 0.6) is 0 Å². The van der Waals surface area contributed by atoms with Gasteiger partial charge in [0.2, 0.25) is 0 Å². The van der Waals surface area contributed by atoms with Crippen molar-refractivity contribution in [2.45, 2.75) is 32.1 Å². The molecule has 8 aromatic carbocycles. The summed E-state index contributed by atoms with van der Waals surface area (Å²) < 4.78 is 4.88. The summed E-state index contributed by atoms with van der Waals surface area (Å²) in [5.74, 6) is 0. The van der Waals surface area contributed by atoms with Crippen molar-refractivity contribution in [2.24, 2.45) is 0 Å². The lowest BCUT2D eigenvalue weighted by Gasteiger charge is -2.12. The van der Waals surface area contributed by atoms with E-state index >= 15 is 0 Å². The molecule has 2 heterocycles. The maximum atomic E-state index is 2.44. The first-order valence-corrected chi connectivity index (χ1v) is 22.4. The van der Waals surface area contributed by atoms with E-state index in [1.165, 1.54) is 111 Å². The molecular formula is C61H46N2. The van der Waals surface area contributed by atoms with Gasteiger partial charge in [0.1, 0.15) is 0 Å². The molecule has 0 bridgehead atoms. The molecule has 2 heteroatoms. The van der Waals surface area contributed by atoms with Crippen molar-refractivity contribution < 1.29 is 0 Å². The second-order valence-electron chi connectivity index (χ2n) is 17.1. The van der Waals surface area contributed by atoms with Gasteiger partial charge < -0.3 is 9.13 Å². The Morgan fingerprint density at radius 2 is 0.683 bits per heavy atom. The zero-order valence-corrected chi connectivity index (χ0v) is 35.2. The van der Waals surface area contributed by atoms with Crippen molar-refractivity contribution in [1.29, 1.82) is 0 Å². The van der Waals surface area contributed by atoms with Crippen LogP contribution >= 0.6 is 0 Å². The lowest BCUT2D eigenvalue weighted by molar-refractivity contribution is 1.04. The van der Waals surface area contributed by atoms with Gasteiger partial charge in [0.25, 0.3) is 0 Å². The standard InChI is InChI=1S/C61H46N2/c1-5-13-44(14-6-1)48-25-33-58-54(38-48)55-39-49(45-15-7-2-8-16-45)26-34-59(55)62(58)52-29-21-42(22-30-52)37-43-23-31-53(32-24-43)63-60-35-27-50(46-17-9-3-10-18-46)40-56(60)57-41-51(28-36-61(57)63)47-19-11-4-12-20-47/h1,3,5-7,9-11,13-36,38-41H,2,4,8,12,37H2. The number of nitrogens with zero attached hydrogens (tertiary/aromatic N) is 2. The third-order valence-corrected chi connectivity index (χ3v) is 13.2. The summed E-state index contributed by atoms with van der Waals surface area (Å²) in [5, 5.41) is 5.11. The molecule has 0 radical (unpaired) electrons. The van der Waals surface area contributed by atoms with E-state index in [0.29, 0.717) is 0 Å². The molecule has 0 aliphatic heterocycles.